The third-order valence-corrected chi connectivity index (χ3v) is 2.33. The van der Waals surface area contributed by atoms with Gasteiger partial charge in [-0.1, -0.05) is 11.6 Å². The van der Waals surface area contributed by atoms with Crippen molar-refractivity contribution in [1.82, 2.24) is 4.98 Å². The van der Waals surface area contributed by atoms with E-state index in [2.05, 4.69) is 17.2 Å². The minimum atomic E-state index is -0.570. The van der Waals surface area contributed by atoms with E-state index in [4.69, 9.17) is 11.6 Å². The van der Waals surface area contributed by atoms with Crippen LogP contribution in [0, 0.1) is 14.1 Å². The predicted octanol–water partition coefficient (Wildman–Crippen LogP) is 2.37. The molecule has 0 bridgehead atoms. The number of aromatic amines is 1. The first-order chi connectivity index (χ1) is 4.61. The molecule has 54 valence electrons. The van der Waals surface area contributed by atoms with E-state index in [1.165, 1.54) is 0 Å². The molecule has 0 unspecified atom stereocenters. The molecular weight excluding hydrogens is 196 g/mol. The second kappa shape index (κ2) is 2.65. The number of nitro groups is 1. The molecular formula is C3HClN2O2S2. The highest BCUT2D eigenvalue weighted by Crippen LogP contribution is 2.27. The third kappa shape index (κ3) is 1.34. The smallest absolute Gasteiger partial charge is 0.322 e. The van der Waals surface area contributed by atoms with Crippen LogP contribution in [-0.2, 0) is 0 Å². The Balaban J connectivity index is 3.28. The molecule has 0 aromatic carbocycles. The summed E-state index contributed by atoms with van der Waals surface area (Å²) in [4.78, 5) is 12.0. The van der Waals surface area contributed by atoms with Gasteiger partial charge in [-0.3, -0.25) is 10.1 Å². The van der Waals surface area contributed by atoms with Crippen molar-refractivity contribution in [1.29, 1.82) is 0 Å². The summed E-state index contributed by atoms with van der Waals surface area (Å²) in [5.41, 5.74) is 0. The Labute approximate surface area is 69.6 Å². The lowest BCUT2D eigenvalue weighted by Gasteiger charge is -1.80. The van der Waals surface area contributed by atoms with Crippen LogP contribution in [0.15, 0.2) is 0 Å². The summed E-state index contributed by atoms with van der Waals surface area (Å²) in [5, 5.41) is 9.97. The van der Waals surface area contributed by atoms with Crippen LogP contribution in [0.1, 0.15) is 0 Å². The number of halogens is 1. The van der Waals surface area contributed by atoms with Gasteiger partial charge in [0.15, 0.2) is 9.11 Å². The number of nitrogens with one attached hydrogen (secondary N) is 1. The van der Waals surface area contributed by atoms with E-state index in [9.17, 15) is 10.1 Å². The van der Waals surface area contributed by atoms with E-state index in [0.717, 1.165) is 11.3 Å². The van der Waals surface area contributed by atoms with Gasteiger partial charge in [-0.2, -0.15) is 0 Å². The van der Waals surface area contributed by atoms with Gasteiger partial charge in [0.25, 0.3) is 0 Å². The van der Waals surface area contributed by atoms with Crippen LogP contribution in [0.25, 0.3) is 0 Å². The largest absolute Gasteiger partial charge is 0.361 e. The molecule has 4 nitrogen and oxygen atoms in total. The zero-order valence-corrected chi connectivity index (χ0v) is 6.85. The van der Waals surface area contributed by atoms with Gasteiger partial charge in [0.1, 0.15) is 0 Å². The van der Waals surface area contributed by atoms with Crippen LogP contribution in [0.5, 0.6) is 0 Å². The lowest BCUT2D eigenvalue weighted by Crippen LogP contribution is -1.82. The lowest BCUT2D eigenvalue weighted by atomic mass is 10.9. The van der Waals surface area contributed by atoms with Crippen molar-refractivity contribution in [3.8, 4) is 0 Å². The van der Waals surface area contributed by atoms with Crippen molar-refractivity contribution in [2.45, 2.75) is 0 Å². The van der Waals surface area contributed by atoms with Crippen LogP contribution in [-0.4, -0.2) is 9.91 Å². The predicted molar refractivity (Wildman–Crippen MR) is 41.2 cm³/mol. The first-order valence-electron chi connectivity index (χ1n) is 2.14. The summed E-state index contributed by atoms with van der Waals surface area (Å²) < 4.78 is 0.316. The topological polar surface area (TPSA) is 58.9 Å². The fourth-order valence-electron chi connectivity index (χ4n) is 0.419. The van der Waals surface area contributed by atoms with Crippen molar-refractivity contribution >= 4 is 40.2 Å². The zero-order chi connectivity index (χ0) is 7.72. The number of H-pyrrole nitrogens is 1. The molecule has 1 aromatic heterocycles. The van der Waals surface area contributed by atoms with Gasteiger partial charge in [-0.15, -0.1) is 0 Å². The molecule has 0 fully saturated rings. The fraction of sp³-hybridized carbons (Fsp3) is 0. The Kier molecular flexibility index (Phi) is 2.02. The highest BCUT2D eigenvalue weighted by molar-refractivity contribution is 7.73. The Morgan fingerprint density at radius 2 is 2.40 bits per heavy atom. The number of rotatable bonds is 1. The summed E-state index contributed by atoms with van der Waals surface area (Å²) in [6, 6.07) is 0. The molecule has 0 saturated carbocycles. The molecule has 1 rings (SSSR count). The maximum atomic E-state index is 10.1. The van der Waals surface area contributed by atoms with E-state index >= 15 is 0 Å². The fourth-order valence-corrected chi connectivity index (χ4v) is 1.69. The molecule has 0 aliphatic heterocycles. The van der Waals surface area contributed by atoms with Crippen LogP contribution in [0.4, 0.5) is 5.00 Å². The molecule has 0 atom stereocenters. The van der Waals surface area contributed by atoms with E-state index in [0.29, 0.717) is 3.95 Å². The van der Waals surface area contributed by atoms with E-state index in [-0.39, 0.29) is 10.2 Å². The van der Waals surface area contributed by atoms with Crippen LogP contribution < -0.4 is 0 Å². The second-order valence-electron chi connectivity index (χ2n) is 1.39. The van der Waals surface area contributed by atoms with Gasteiger partial charge < -0.3 is 4.98 Å². The molecule has 0 spiro atoms. The normalized spacial score (nSPS) is 9.70. The van der Waals surface area contributed by atoms with E-state index in [1.54, 1.807) is 0 Å². The minimum absolute atomic E-state index is 0.000000000000000222. The van der Waals surface area contributed by atoms with Gasteiger partial charge in [0, 0.05) is 0 Å². The maximum Gasteiger partial charge on any atom is 0.361 e. The van der Waals surface area contributed by atoms with Crippen molar-refractivity contribution in [3.63, 3.8) is 0 Å². The number of hydrogen-bond acceptors (Lipinski definition) is 4. The number of hydrogen-bond donors (Lipinski definition) is 1. The molecule has 0 aliphatic rings. The summed E-state index contributed by atoms with van der Waals surface area (Å²) >= 11 is 10.9. The highest BCUT2D eigenvalue weighted by atomic mass is 35.5. The van der Waals surface area contributed by atoms with Gasteiger partial charge in [-0.25, -0.2) is 0 Å². The average Bonchev–Trinajstić information content (AvgIpc) is 2.10. The van der Waals surface area contributed by atoms with Crippen molar-refractivity contribution < 1.29 is 4.92 Å². The highest BCUT2D eigenvalue weighted by Gasteiger charge is 2.14. The quantitative estimate of drug-likeness (QED) is 0.426. The number of nitrogens with zero attached hydrogens (tertiary/aromatic N) is 1. The van der Waals surface area contributed by atoms with Gasteiger partial charge in [-0.05, 0) is 23.6 Å². The van der Waals surface area contributed by atoms with Gasteiger partial charge >= 0.3 is 5.00 Å². The standard InChI is InChI=1S/C3HClN2O2S2/c4-1-2(6(7)8)10-3(9)5-1/h(H,5,9). The summed E-state index contributed by atoms with van der Waals surface area (Å²) in [6.45, 7) is 0. The molecule has 1 N–H and O–H groups in total. The Bertz CT molecular complexity index is 317. The maximum absolute atomic E-state index is 10.1. The monoisotopic (exact) mass is 196 g/mol. The van der Waals surface area contributed by atoms with Crippen LogP contribution in [0.2, 0.25) is 5.15 Å². The number of aromatic nitrogens is 1. The lowest BCUT2D eigenvalue weighted by molar-refractivity contribution is -0.380. The molecule has 0 radical (unpaired) electrons. The van der Waals surface area contributed by atoms with Crippen LogP contribution >= 0.6 is 35.2 Å². The summed E-state index contributed by atoms with van der Waals surface area (Å²) in [7, 11) is 0. The summed E-state index contributed by atoms with van der Waals surface area (Å²) in [6.07, 6.45) is 0. The number of thiazole rings is 1. The first-order valence-corrected chi connectivity index (χ1v) is 3.74. The molecule has 1 aromatic rings. The molecule has 1 heterocycles. The van der Waals surface area contributed by atoms with Crippen molar-refractivity contribution in [3.05, 3.63) is 19.2 Å². The Morgan fingerprint density at radius 1 is 1.80 bits per heavy atom. The van der Waals surface area contributed by atoms with E-state index in [1.807, 2.05) is 0 Å². The first kappa shape index (κ1) is 7.64. The molecule has 0 saturated heterocycles. The SMILES string of the molecule is O=[N+]([O-])c1sc(=S)[nH]c1Cl. The Hall–Kier alpha value is -0.460. The average molecular weight is 197 g/mol. The third-order valence-electron chi connectivity index (χ3n) is 0.755. The second-order valence-corrected chi connectivity index (χ2v) is 3.43. The Morgan fingerprint density at radius 3 is 2.60 bits per heavy atom. The molecule has 0 amide bonds. The molecule has 7 heteroatoms. The molecule has 0 aliphatic carbocycles. The van der Waals surface area contributed by atoms with Gasteiger partial charge in [0.2, 0.25) is 0 Å². The van der Waals surface area contributed by atoms with Crippen molar-refractivity contribution in [2.75, 3.05) is 0 Å². The minimum Gasteiger partial charge on any atom is -0.322 e. The molecule has 10 heavy (non-hydrogen) atoms. The van der Waals surface area contributed by atoms with Crippen LogP contribution in [0.3, 0.4) is 0 Å². The zero-order valence-electron chi connectivity index (χ0n) is 4.46. The van der Waals surface area contributed by atoms with Crippen molar-refractivity contribution in [2.24, 2.45) is 0 Å². The summed E-state index contributed by atoms with van der Waals surface area (Å²) in [5.74, 6) is 0. The van der Waals surface area contributed by atoms with Gasteiger partial charge in [0.05, 0.1) is 4.92 Å². The van der Waals surface area contributed by atoms with E-state index < -0.39 is 4.92 Å².